The van der Waals surface area contributed by atoms with E-state index < -0.39 is 0 Å². The Morgan fingerprint density at radius 3 is 2.83 bits per heavy atom. The van der Waals surface area contributed by atoms with Crippen LogP contribution < -0.4 is 5.32 Å². The highest BCUT2D eigenvalue weighted by Crippen LogP contribution is 2.09. The van der Waals surface area contributed by atoms with Crippen LogP contribution in [-0.2, 0) is 24.4 Å². The molecule has 0 radical (unpaired) electrons. The molecule has 1 N–H and O–H groups in total. The van der Waals surface area contributed by atoms with Gasteiger partial charge in [-0.25, -0.2) is 4.98 Å². The van der Waals surface area contributed by atoms with Gasteiger partial charge in [0.25, 0.3) is 0 Å². The fourth-order valence-corrected chi connectivity index (χ4v) is 2.43. The van der Waals surface area contributed by atoms with Gasteiger partial charge in [-0.3, -0.25) is 0 Å². The van der Waals surface area contributed by atoms with Gasteiger partial charge in [-0.2, -0.15) is 0 Å². The third-order valence-corrected chi connectivity index (χ3v) is 3.43. The van der Waals surface area contributed by atoms with Crippen molar-refractivity contribution in [1.29, 1.82) is 0 Å². The Bertz CT molecular complexity index is 496. The number of methoxy groups -OCH3 is 1. The van der Waals surface area contributed by atoms with Gasteiger partial charge < -0.3 is 10.1 Å². The van der Waals surface area contributed by atoms with E-state index in [1.807, 2.05) is 6.92 Å². The lowest BCUT2D eigenvalue weighted by atomic mass is 10.1. The number of thiazole rings is 1. The van der Waals surface area contributed by atoms with Crippen LogP contribution in [0.5, 0.6) is 0 Å². The second-order valence-corrected chi connectivity index (χ2v) is 5.28. The summed E-state index contributed by atoms with van der Waals surface area (Å²) in [6.07, 6.45) is 0. The molecule has 1 aromatic carbocycles. The first-order valence-corrected chi connectivity index (χ1v) is 6.84. The smallest absolute Gasteiger partial charge is 0.0897 e. The second-order valence-electron chi connectivity index (χ2n) is 4.21. The standard InChI is InChI=1S/C14H18N2OS/c1-11-16-14(10-18-11)8-15-7-12-4-3-5-13(6-12)9-17-2/h3-6,10,15H,7-9H2,1-2H3. The zero-order chi connectivity index (χ0) is 12.8. The molecule has 0 spiro atoms. The lowest BCUT2D eigenvalue weighted by Gasteiger charge is -2.05. The highest BCUT2D eigenvalue weighted by Gasteiger charge is 1.99. The number of benzene rings is 1. The van der Waals surface area contributed by atoms with Gasteiger partial charge in [0.05, 0.1) is 17.3 Å². The minimum atomic E-state index is 0.666. The Hall–Kier alpha value is -1.23. The van der Waals surface area contributed by atoms with E-state index in [1.165, 1.54) is 11.1 Å². The molecular weight excluding hydrogens is 244 g/mol. The summed E-state index contributed by atoms with van der Waals surface area (Å²) in [6.45, 7) is 4.37. The minimum absolute atomic E-state index is 0.666. The fourth-order valence-electron chi connectivity index (χ4n) is 1.82. The fraction of sp³-hybridized carbons (Fsp3) is 0.357. The molecule has 2 rings (SSSR count). The molecule has 0 saturated heterocycles. The number of ether oxygens (including phenoxy) is 1. The van der Waals surface area contributed by atoms with Crippen molar-refractivity contribution < 1.29 is 4.74 Å². The summed E-state index contributed by atoms with van der Waals surface area (Å²) in [5.41, 5.74) is 3.60. The van der Waals surface area contributed by atoms with E-state index >= 15 is 0 Å². The molecular formula is C14H18N2OS. The van der Waals surface area contributed by atoms with Crippen LogP contribution in [0.1, 0.15) is 21.8 Å². The van der Waals surface area contributed by atoms with E-state index in [9.17, 15) is 0 Å². The van der Waals surface area contributed by atoms with Crippen LogP contribution in [-0.4, -0.2) is 12.1 Å². The zero-order valence-corrected chi connectivity index (χ0v) is 11.6. The molecule has 96 valence electrons. The van der Waals surface area contributed by atoms with Gasteiger partial charge in [0, 0.05) is 25.6 Å². The first-order chi connectivity index (χ1) is 8.78. The normalized spacial score (nSPS) is 10.8. The first kappa shape index (κ1) is 13.2. The summed E-state index contributed by atoms with van der Waals surface area (Å²) in [6, 6.07) is 8.44. The van der Waals surface area contributed by atoms with Gasteiger partial charge >= 0.3 is 0 Å². The Labute approximate surface area is 112 Å². The van der Waals surface area contributed by atoms with E-state index in [-0.39, 0.29) is 0 Å². The van der Waals surface area contributed by atoms with E-state index in [4.69, 9.17) is 4.74 Å². The predicted octanol–water partition coefficient (Wildman–Crippen LogP) is 2.89. The minimum Gasteiger partial charge on any atom is -0.380 e. The molecule has 1 heterocycles. The maximum atomic E-state index is 5.13. The van der Waals surface area contributed by atoms with Crippen molar-refractivity contribution in [3.05, 3.63) is 51.5 Å². The van der Waals surface area contributed by atoms with Crippen LogP contribution in [0.3, 0.4) is 0 Å². The Morgan fingerprint density at radius 1 is 1.28 bits per heavy atom. The third kappa shape index (κ3) is 3.91. The molecule has 0 aliphatic rings. The van der Waals surface area contributed by atoms with Gasteiger partial charge in [0.15, 0.2) is 0 Å². The largest absolute Gasteiger partial charge is 0.380 e. The molecule has 0 unspecified atom stereocenters. The average Bonchev–Trinajstić information content (AvgIpc) is 2.76. The SMILES string of the molecule is COCc1cccc(CNCc2csc(C)n2)c1. The van der Waals surface area contributed by atoms with Gasteiger partial charge in [-0.1, -0.05) is 24.3 Å². The van der Waals surface area contributed by atoms with Gasteiger partial charge in [-0.05, 0) is 18.1 Å². The van der Waals surface area contributed by atoms with Crippen molar-refractivity contribution >= 4 is 11.3 Å². The van der Waals surface area contributed by atoms with Gasteiger partial charge in [-0.15, -0.1) is 11.3 Å². The number of aryl methyl sites for hydroxylation is 1. The molecule has 1 aromatic heterocycles. The van der Waals surface area contributed by atoms with Crippen molar-refractivity contribution in [2.45, 2.75) is 26.6 Å². The highest BCUT2D eigenvalue weighted by molar-refractivity contribution is 7.09. The predicted molar refractivity (Wildman–Crippen MR) is 74.5 cm³/mol. The van der Waals surface area contributed by atoms with Crippen molar-refractivity contribution in [1.82, 2.24) is 10.3 Å². The van der Waals surface area contributed by atoms with Crippen LogP contribution in [0.2, 0.25) is 0 Å². The molecule has 0 saturated carbocycles. The van der Waals surface area contributed by atoms with Crippen molar-refractivity contribution in [2.75, 3.05) is 7.11 Å². The topological polar surface area (TPSA) is 34.1 Å². The summed E-state index contributed by atoms with van der Waals surface area (Å²) in [5, 5.41) is 6.62. The van der Waals surface area contributed by atoms with Crippen LogP contribution >= 0.6 is 11.3 Å². The molecule has 2 aromatic rings. The summed E-state index contributed by atoms with van der Waals surface area (Å²) in [5.74, 6) is 0. The molecule has 0 amide bonds. The van der Waals surface area contributed by atoms with Gasteiger partial charge in [0.2, 0.25) is 0 Å². The van der Waals surface area contributed by atoms with Crippen LogP contribution in [0.15, 0.2) is 29.6 Å². The molecule has 18 heavy (non-hydrogen) atoms. The lowest BCUT2D eigenvalue weighted by Crippen LogP contribution is -2.13. The molecule has 0 aliphatic heterocycles. The summed E-state index contributed by atoms with van der Waals surface area (Å²) in [4.78, 5) is 4.42. The molecule has 0 aliphatic carbocycles. The van der Waals surface area contributed by atoms with Crippen molar-refractivity contribution in [2.24, 2.45) is 0 Å². The van der Waals surface area contributed by atoms with Gasteiger partial charge in [0.1, 0.15) is 0 Å². The second kappa shape index (κ2) is 6.64. The van der Waals surface area contributed by atoms with E-state index in [0.717, 1.165) is 23.8 Å². The molecule has 4 heteroatoms. The number of rotatable bonds is 6. The molecule has 0 bridgehead atoms. The number of nitrogens with zero attached hydrogens (tertiary/aromatic N) is 1. The van der Waals surface area contributed by atoms with E-state index in [0.29, 0.717) is 6.61 Å². The summed E-state index contributed by atoms with van der Waals surface area (Å²) < 4.78 is 5.13. The highest BCUT2D eigenvalue weighted by atomic mass is 32.1. The number of nitrogens with one attached hydrogen (secondary N) is 1. The van der Waals surface area contributed by atoms with E-state index in [1.54, 1.807) is 18.4 Å². The maximum absolute atomic E-state index is 5.13. The average molecular weight is 262 g/mol. The van der Waals surface area contributed by atoms with Crippen LogP contribution in [0, 0.1) is 6.92 Å². The maximum Gasteiger partial charge on any atom is 0.0897 e. The third-order valence-electron chi connectivity index (χ3n) is 2.60. The Morgan fingerprint density at radius 2 is 2.11 bits per heavy atom. The number of hydrogen-bond donors (Lipinski definition) is 1. The summed E-state index contributed by atoms with van der Waals surface area (Å²) >= 11 is 1.69. The van der Waals surface area contributed by atoms with Crippen LogP contribution in [0.25, 0.3) is 0 Å². The first-order valence-electron chi connectivity index (χ1n) is 5.96. The monoisotopic (exact) mass is 262 g/mol. The Balaban J connectivity index is 1.84. The van der Waals surface area contributed by atoms with E-state index in [2.05, 4.69) is 39.9 Å². The summed E-state index contributed by atoms with van der Waals surface area (Å²) in [7, 11) is 1.72. The Kier molecular flexibility index (Phi) is 4.87. The lowest BCUT2D eigenvalue weighted by molar-refractivity contribution is 0.185. The van der Waals surface area contributed by atoms with Crippen LogP contribution in [0.4, 0.5) is 0 Å². The number of hydrogen-bond acceptors (Lipinski definition) is 4. The van der Waals surface area contributed by atoms with Crippen molar-refractivity contribution in [3.8, 4) is 0 Å². The molecule has 0 atom stereocenters. The number of aromatic nitrogens is 1. The quantitative estimate of drug-likeness (QED) is 0.869. The zero-order valence-electron chi connectivity index (χ0n) is 10.8. The molecule has 0 fully saturated rings. The molecule has 3 nitrogen and oxygen atoms in total. The van der Waals surface area contributed by atoms with Crippen molar-refractivity contribution in [3.63, 3.8) is 0 Å².